The lowest BCUT2D eigenvalue weighted by atomic mass is 10.1. The van der Waals surface area contributed by atoms with Gasteiger partial charge >= 0.3 is 5.97 Å². The summed E-state index contributed by atoms with van der Waals surface area (Å²) in [7, 11) is 0. The van der Waals surface area contributed by atoms with Crippen LogP contribution < -0.4 is 9.64 Å². The molecule has 5 nitrogen and oxygen atoms in total. The van der Waals surface area contributed by atoms with Gasteiger partial charge in [0.2, 0.25) is 0 Å². The zero-order valence-corrected chi connectivity index (χ0v) is 14.4. The molecule has 1 aromatic carbocycles. The number of hydrogen-bond donors (Lipinski definition) is 1. The zero-order chi connectivity index (χ0) is 17.6. The molecule has 3 aromatic rings. The van der Waals surface area contributed by atoms with Gasteiger partial charge in [-0.3, -0.25) is 0 Å². The van der Waals surface area contributed by atoms with E-state index in [2.05, 4.69) is 4.90 Å². The van der Waals surface area contributed by atoms with Crippen LogP contribution >= 0.6 is 0 Å². The molecule has 1 saturated heterocycles. The smallest absolute Gasteiger partial charge is 0.344 e. The molecule has 1 aliphatic heterocycles. The van der Waals surface area contributed by atoms with Gasteiger partial charge in [0.05, 0.1) is 0 Å². The molecular weight excluding hydrogens is 318 g/mol. The number of carboxylic acid groups (broad SMARTS) is 1. The minimum Gasteiger partial charge on any atom is -0.479 e. The molecule has 1 N–H and O–H groups in total. The van der Waals surface area contributed by atoms with Crippen LogP contribution in [-0.2, 0) is 4.79 Å². The lowest BCUT2D eigenvalue weighted by Gasteiger charge is -2.28. The molecule has 0 spiro atoms. The number of fused-ring (bicyclic) bond motifs is 2. The molecule has 25 heavy (non-hydrogen) atoms. The second-order valence-corrected chi connectivity index (χ2v) is 6.21. The predicted octanol–water partition coefficient (Wildman–Crippen LogP) is 4.40. The van der Waals surface area contributed by atoms with E-state index in [1.807, 2.05) is 48.5 Å². The van der Waals surface area contributed by atoms with Crippen LogP contribution in [0.1, 0.15) is 26.2 Å². The first kappa shape index (κ1) is 17.1. The van der Waals surface area contributed by atoms with Gasteiger partial charge in [-0.15, -0.1) is 0 Å². The molecule has 3 heterocycles. The van der Waals surface area contributed by atoms with Crippen LogP contribution in [0.2, 0.25) is 0 Å². The first-order valence-corrected chi connectivity index (χ1v) is 8.64. The van der Waals surface area contributed by atoms with E-state index < -0.39 is 12.1 Å². The number of carboxylic acids is 1. The fourth-order valence-electron chi connectivity index (χ4n) is 2.85. The van der Waals surface area contributed by atoms with Crippen molar-refractivity contribution in [3.05, 3.63) is 48.5 Å². The van der Waals surface area contributed by atoms with Crippen LogP contribution in [0, 0.1) is 0 Å². The van der Waals surface area contributed by atoms with Crippen LogP contribution in [0.5, 0.6) is 5.75 Å². The first-order chi connectivity index (χ1) is 12.1. The number of hydrogen-bond acceptors (Lipinski definition) is 4. The Morgan fingerprint density at radius 3 is 2.00 bits per heavy atom. The number of piperidine rings is 1. The number of rotatable bonds is 4. The van der Waals surface area contributed by atoms with Crippen LogP contribution in [-0.4, -0.2) is 30.3 Å². The van der Waals surface area contributed by atoms with Gasteiger partial charge < -0.3 is 19.2 Å². The highest BCUT2D eigenvalue weighted by Crippen LogP contribution is 2.23. The number of benzene rings is 2. The lowest BCUT2D eigenvalue weighted by molar-refractivity contribution is -0.144. The Labute approximate surface area is 147 Å². The second-order valence-electron chi connectivity index (χ2n) is 6.21. The molecule has 0 aliphatic carbocycles. The van der Waals surface area contributed by atoms with Gasteiger partial charge in [-0.05, 0) is 74.7 Å². The Balaban J connectivity index is 0.000000213. The Morgan fingerprint density at radius 2 is 1.56 bits per heavy atom. The number of nitrogens with zero attached hydrogens (tertiary/aromatic N) is 1. The average Bonchev–Trinajstić information content (AvgIpc) is 3.29. The minimum atomic E-state index is -0.949. The van der Waals surface area contributed by atoms with Crippen molar-refractivity contribution >= 4 is 22.8 Å². The van der Waals surface area contributed by atoms with Gasteiger partial charge in [0.25, 0.3) is 0 Å². The van der Waals surface area contributed by atoms with Crippen molar-refractivity contribution < 1.29 is 19.1 Å². The number of carbonyl (C=O) groups is 1. The summed E-state index contributed by atoms with van der Waals surface area (Å²) >= 11 is 0. The molecular formula is C20H23NO4. The van der Waals surface area contributed by atoms with Gasteiger partial charge in [0, 0.05) is 18.8 Å². The highest BCUT2D eigenvalue weighted by Gasteiger charge is 2.13. The number of anilines is 1. The standard InChI is InChI=1S/C14H19NO3.C6H4O/c1-11(14(16)17)18-13-7-5-12(6-8-13)15-9-3-2-4-10-15;1-2-6-4-3-5(1)7-6/h5-8,11H,2-4,9-10H2,1H3,(H,16,17);1-4H. The summed E-state index contributed by atoms with van der Waals surface area (Å²) in [4.78, 5) is 13.0. The Morgan fingerprint density at radius 1 is 1.00 bits per heavy atom. The molecule has 2 bridgehead atoms. The summed E-state index contributed by atoms with van der Waals surface area (Å²) in [6.45, 7) is 3.73. The predicted molar refractivity (Wildman–Crippen MR) is 97.6 cm³/mol. The van der Waals surface area contributed by atoms with Crippen molar-refractivity contribution in [1.82, 2.24) is 0 Å². The van der Waals surface area contributed by atoms with E-state index in [0.717, 1.165) is 24.3 Å². The zero-order valence-electron chi connectivity index (χ0n) is 14.4. The SMILES string of the molecule is CC(Oc1ccc(N2CCCCC2)cc1)C(=O)O.c1cc2ccc1o2. The summed E-state index contributed by atoms with van der Waals surface area (Å²) < 4.78 is 10.4. The topological polar surface area (TPSA) is 62.9 Å². The van der Waals surface area contributed by atoms with Gasteiger partial charge in [0.15, 0.2) is 6.10 Å². The molecule has 132 valence electrons. The second kappa shape index (κ2) is 7.92. The normalized spacial score (nSPS) is 15.5. The van der Waals surface area contributed by atoms with E-state index in [-0.39, 0.29) is 0 Å². The third-order valence-corrected chi connectivity index (χ3v) is 4.28. The fraction of sp³-hybridized carbons (Fsp3) is 0.350. The van der Waals surface area contributed by atoms with Crippen LogP contribution in [0.3, 0.4) is 0 Å². The summed E-state index contributed by atoms with van der Waals surface area (Å²) in [6, 6.07) is 15.5. The third kappa shape index (κ3) is 4.66. The van der Waals surface area contributed by atoms with Crippen molar-refractivity contribution in [2.75, 3.05) is 18.0 Å². The van der Waals surface area contributed by atoms with E-state index >= 15 is 0 Å². The van der Waals surface area contributed by atoms with Crippen LogP contribution in [0.25, 0.3) is 11.2 Å². The van der Waals surface area contributed by atoms with Crippen LogP contribution in [0.15, 0.2) is 52.9 Å². The van der Waals surface area contributed by atoms with E-state index in [9.17, 15) is 4.79 Å². The molecule has 0 saturated carbocycles. The Hall–Kier alpha value is -2.69. The van der Waals surface area contributed by atoms with Gasteiger partial charge in [-0.2, -0.15) is 0 Å². The molecule has 0 amide bonds. The molecule has 4 rings (SSSR count). The maximum atomic E-state index is 10.7. The van der Waals surface area contributed by atoms with Crippen molar-refractivity contribution in [2.45, 2.75) is 32.3 Å². The first-order valence-electron chi connectivity index (χ1n) is 8.64. The highest BCUT2D eigenvalue weighted by atomic mass is 16.5. The lowest BCUT2D eigenvalue weighted by Crippen LogP contribution is -2.29. The van der Waals surface area contributed by atoms with Gasteiger partial charge in [-0.25, -0.2) is 4.79 Å². The molecule has 1 unspecified atom stereocenters. The number of aliphatic carboxylic acids is 1. The van der Waals surface area contributed by atoms with Crippen molar-refractivity contribution in [2.24, 2.45) is 0 Å². The summed E-state index contributed by atoms with van der Waals surface area (Å²) in [6.07, 6.45) is 2.99. The highest BCUT2D eigenvalue weighted by molar-refractivity contribution is 5.72. The Kier molecular flexibility index (Phi) is 5.43. The molecule has 0 radical (unpaired) electrons. The Bertz CT molecular complexity index is 729. The van der Waals surface area contributed by atoms with Crippen LogP contribution in [0.4, 0.5) is 5.69 Å². The van der Waals surface area contributed by atoms with E-state index in [1.165, 1.54) is 31.9 Å². The summed E-state index contributed by atoms with van der Waals surface area (Å²) in [5.41, 5.74) is 3.12. The molecule has 1 fully saturated rings. The maximum Gasteiger partial charge on any atom is 0.344 e. The van der Waals surface area contributed by atoms with Crippen molar-refractivity contribution in [3.63, 3.8) is 0 Å². The third-order valence-electron chi connectivity index (χ3n) is 4.28. The monoisotopic (exact) mass is 341 g/mol. The van der Waals surface area contributed by atoms with Crippen molar-refractivity contribution in [1.29, 1.82) is 0 Å². The minimum absolute atomic E-state index is 0.602. The number of furan rings is 2. The summed E-state index contributed by atoms with van der Waals surface area (Å²) in [5.74, 6) is -0.347. The molecule has 1 aliphatic rings. The fourth-order valence-corrected chi connectivity index (χ4v) is 2.85. The largest absolute Gasteiger partial charge is 0.479 e. The van der Waals surface area contributed by atoms with E-state index in [1.54, 1.807) is 0 Å². The van der Waals surface area contributed by atoms with Gasteiger partial charge in [0.1, 0.15) is 16.9 Å². The molecule has 1 atom stereocenters. The summed E-state index contributed by atoms with van der Waals surface area (Å²) in [5, 5.41) is 8.77. The number of ether oxygens (including phenoxy) is 1. The quantitative estimate of drug-likeness (QED) is 0.762. The maximum absolute atomic E-state index is 10.7. The molecule has 5 heteroatoms. The van der Waals surface area contributed by atoms with Gasteiger partial charge in [-0.1, -0.05) is 0 Å². The molecule has 2 aromatic heterocycles. The van der Waals surface area contributed by atoms with E-state index in [4.69, 9.17) is 14.3 Å². The van der Waals surface area contributed by atoms with E-state index in [0.29, 0.717) is 5.75 Å². The average molecular weight is 341 g/mol. The van der Waals surface area contributed by atoms with Crippen molar-refractivity contribution in [3.8, 4) is 5.75 Å².